The Balaban J connectivity index is 1.87. The fourth-order valence-corrected chi connectivity index (χ4v) is 2.52. The average Bonchev–Trinajstić information content (AvgIpc) is 2.80. The smallest absolute Gasteiger partial charge is 0.185 e. The molecule has 2 aromatic rings. The van der Waals surface area contributed by atoms with Crippen LogP contribution in [0.15, 0.2) is 24.3 Å². The number of hydrogen-bond acceptors (Lipinski definition) is 5. The Morgan fingerprint density at radius 1 is 1.42 bits per heavy atom. The summed E-state index contributed by atoms with van der Waals surface area (Å²) in [6, 6.07) is 9.92. The van der Waals surface area contributed by atoms with Crippen LogP contribution < -0.4 is 10.1 Å². The Kier molecular flexibility index (Phi) is 4.61. The lowest BCUT2D eigenvalue weighted by Gasteiger charge is -2.04. The molecule has 0 fully saturated rings. The molecular formula is C13H12ClN3OS. The van der Waals surface area contributed by atoms with Crippen LogP contribution >= 0.6 is 22.9 Å². The lowest BCUT2D eigenvalue weighted by Crippen LogP contribution is -2.04. The van der Waals surface area contributed by atoms with E-state index in [0.717, 1.165) is 18.7 Å². The summed E-state index contributed by atoms with van der Waals surface area (Å²) in [5.74, 6) is 0.849. The van der Waals surface area contributed by atoms with Gasteiger partial charge in [0, 0.05) is 6.54 Å². The Morgan fingerprint density at radius 2 is 2.16 bits per heavy atom. The highest BCUT2D eigenvalue weighted by molar-refractivity contribution is 7.16. The number of halogens is 1. The first-order valence-electron chi connectivity index (χ1n) is 5.66. The molecule has 0 amide bonds. The number of ether oxygens (including phenoxy) is 1. The molecule has 98 valence electrons. The lowest BCUT2D eigenvalue weighted by molar-refractivity contribution is 0.414. The zero-order valence-electron chi connectivity index (χ0n) is 10.3. The van der Waals surface area contributed by atoms with E-state index in [1.54, 1.807) is 7.11 Å². The number of nitrogens with zero attached hydrogens (tertiary/aromatic N) is 2. The molecule has 0 aliphatic heterocycles. The van der Waals surface area contributed by atoms with Crippen molar-refractivity contribution >= 4 is 28.1 Å². The monoisotopic (exact) mass is 293 g/mol. The van der Waals surface area contributed by atoms with Gasteiger partial charge in [-0.3, -0.25) is 0 Å². The van der Waals surface area contributed by atoms with E-state index in [1.165, 1.54) is 16.9 Å². The SMILES string of the molecule is COc1ccc(CCNc2nc(Cl)c(C#N)s2)cc1. The van der Waals surface area contributed by atoms with Crippen molar-refractivity contribution in [2.75, 3.05) is 19.0 Å². The minimum absolute atomic E-state index is 0.263. The fraction of sp³-hybridized carbons (Fsp3) is 0.231. The normalized spacial score (nSPS) is 9.95. The topological polar surface area (TPSA) is 57.9 Å². The van der Waals surface area contributed by atoms with Gasteiger partial charge in [0.25, 0.3) is 0 Å². The summed E-state index contributed by atoms with van der Waals surface area (Å²) in [5, 5.41) is 12.9. The Morgan fingerprint density at radius 3 is 2.74 bits per heavy atom. The molecule has 6 heteroatoms. The summed E-state index contributed by atoms with van der Waals surface area (Å²) in [6.45, 7) is 0.737. The van der Waals surface area contributed by atoms with E-state index in [-0.39, 0.29) is 5.15 Å². The van der Waals surface area contributed by atoms with Crippen molar-refractivity contribution in [2.45, 2.75) is 6.42 Å². The fourth-order valence-electron chi connectivity index (χ4n) is 1.55. The van der Waals surface area contributed by atoms with Crippen molar-refractivity contribution in [3.63, 3.8) is 0 Å². The Bertz CT molecular complexity index is 589. The summed E-state index contributed by atoms with van der Waals surface area (Å²) >= 11 is 7.06. The minimum Gasteiger partial charge on any atom is -0.497 e. The molecule has 2 rings (SSSR count). The van der Waals surface area contributed by atoms with Gasteiger partial charge in [-0.25, -0.2) is 4.98 Å². The molecule has 0 aliphatic carbocycles. The maximum Gasteiger partial charge on any atom is 0.185 e. The lowest BCUT2D eigenvalue weighted by atomic mass is 10.1. The van der Waals surface area contributed by atoms with Crippen LogP contribution in [0.5, 0.6) is 5.75 Å². The van der Waals surface area contributed by atoms with E-state index in [4.69, 9.17) is 21.6 Å². The number of rotatable bonds is 5. The molecule has 1 heterocycles. The van der Waals surface area contributed by atoms with Crippen LogP contribution in [-0.4, -0.2) is 18.6 Å². The van der Waals surface area contributed by atoms with Crippen LogP contribution in [-0.2, 0) is 6.42 Å². The standard InChI is InChI=1S/C13H12ClN3OS/c1-18-10-4-2-9(3-5-10)6-7-16-13-17-12(14)11(8-15)19-13/h2-5H,6-7H2,1H3,(H,16,17). The van der Waals surface area contributed by atoms with Gasteiger partial charge in [0.1, 0.15) is 16.7 Å². The largest absolute Gasteiger partial charge is 0.497 e. The third-order valence-corrected chi connectivity index (χ3v) is 3.84. The van der Waals surface area contributed by atoms with Crippen LogP contribution in [0.2, 0.25) is 5.15 Å². The third kappa shape index (κ3) is 3.60. The quantitative estimate of drug-likeness (QED) is 0.918. The molecule has 0 aliphatic rings. The van der Waals surface area contributed by atoms with E-state index in [9.17, 15) is 0 Å². The predicted octanol–water partition coefficient (Wildman–Crippen LogP) is 3.33. The van der Waals surface area contributed by atoms with Crippen molar-refractivity contribution in [1.29, 1.82) is 5.26 Å². The number of hydrogen-bond donors (Lipinski definition) is 1. The van der Waals surface area contributed by atoms with Gasteiger partial charge in [-0.05, 0) is 24.1 Å². The van der Waals surface area contributed by atoms with Gasteiger partial charge in [-0.2, -0.15) is 5.26 Å². The summed E-state index contributed by atoms with van der Waals surface area (Å²) in [6.07, 6.45) is 0.864. The van der Waals surface area contributed by atoms with Gasteiger partial charge >= 0.3 is 0 Å². The molecule has 1 N–H and O–H groups in total. The molecule has 0 atom stereocenters. The summed E-state index contributed by atoms with van der Waals surface area (Å²) in [5.41, 5.74) is 1.21. The molecule has 1 aromatic heterocycles. The van der Waals surface area contributed by atoms with E-state index in [2.05, 4.69) is 10.3 Å². The van der Waals surface area contributed by atoms with Gasteiger partial charge in [0.15, 0.2) is 10.3 Å². The van der Waals surface area contributed by atoms with Crippen LogP contribution in [0, 0.1) is 11.3 Å². The minimum atomic E-state index is 0.263. The number of nitriles is 1. The maximum atomic E-state index is 8.78. The van der Waals surface area contributed by atoms with Crippen LogP contribution in [0.25, 0.3) is 0 Å². The van der Waals surface area contributed by atoms with Crippen molar-refractivity contribution in [1.82, 2.24) is 4.98 Å². The molecule has 19 heavy (non-hydrogen) atoms. The van der Waals surface area contributed by atoms with Gasteiger partial charge in [-0.1, -0.05) is 35.1 Å². The van der Waals surface area contributed by atoms with Crippen LogP contribution in [0.4, 0.5) is 5.13 Å². The predicted molar refractivity (Wildman–Crippen MR) is 77.0 cm³/mol. The number of nitrogens with one attached hydrogen (secondary N) is 1. The average molecular weight is 294 g/mol. The summed E-state index contributed by atoms with van der Waals surface area (Å²) < 4.78 is 5.10. The number of aromatic nitrogens is 1. The third-order valence-electron chi connectivity index (χ3n) is 2.54. The number of methoxy groups -OCH3 is 1. The molecule has 0 spiro atoms. The Hall–Kier alpha value is -1.77. The molecule has 4 nitrogen and oxygen atoms in total. The highest BCUT2D eigenvalue weighted by Crippen LogP contribution is 2.25. The maximum absolute atomic E-state index is 8.78. The second-order valence-corrected chi connectivity index (χ2v) is 5.13. The summed E-state index contributed by atoms with van der Waals surface area (Å²) in [4.78, 5) is 4.51. The Labute approximate surface area is 120 Å². The first kappa shape index (κ1) is 13.7. The second-order valence-electron chi connectivity index (χ2n) is 3.78. The molecule has 0 saturated heterocycles. The molecule has 0 bridgehead atoms. The number of thiazole rings is 1. The van der Waals surface area contributed by atoms with Crippen LogP contribution in [0.3, 0.4) is 0 Å². The molecular weight excluding hydrogens is 282 g/mol. The van der Waals surface area contributed by atoms with Crippen molar-refractivity contribution in [3.8, 4) is 11.8 Å². The molecule has 0 radical (unpaired) electrons. The molecule has 1 aromatic carbocycles. The number of anilines is 1. The van der Waals surface area contributed by atoms with Gasteiger partial charge in [0.2, 0.25) is 0 Å². The summed E-state index contributed by atoms with van der Waals surface area (Å²) in [7, 11) is 1.65. The second kappa shape index (κ2) is 6.41. The highest BCUT2D eigenvalue weighted by Gasteiger charge is 2.07. The van der Waals surface area contributed by atoms with Crippen molar-refractivity contribution in [2.24, 2.45) is 0 Å². The van der Waals surface area contributed by atoms with Crippen LogP contribution in [0.1, 0.15) is 10.4 Å². The zero-order valence-corrected chi connectivity index (χ0v) is 11.9. The van der Waals surface area contributed by atoms with Gasteiger partial charge in [-0.15, -0.1) is 0 Å². The molecule has 0 unspecified atom stereocenters. The zero-order chi connectivity index (χ0) is 13.7. The number of benzene rings is 1. The van der Waals surface area contributed by atoms with Gasteiger partial charge in [0.05, 0.1) is 7.11 Å². The van der Waals surface area contributed by atoms with E-state index >= 15 is 0 Å². The van der Waals surface area contributed by atoms with E-state index < -0.39 is 0 Å². The first-order valence-corrected chi connectivity index (χ1v) is 6.85. The molecule has 0 saturated carbocycles. The highest BCUT2D eigenvalue weighted by atomic mass is 35.5. The van der Waals surface area contributed by atoms with Crippen molar-refractivity contribution < 1.29 is 4.74 Å². The van der Waals surface area contributed by atoms with E-state index in [0.29, 0.717) is 10.0 Å². The first-order chi connectivity index (χ1) is 9.22. The van der Waals surface area contributed by atoms with Crippen molar-refractivity contribution in [3.05, 3.63) is 39.9 Å². The van der Waals surface area contributed by atoms with Gasteiger partial charge < -0.3 is 10.1 Å². The van der Waals surface area contributed by atoms with E-state index in [1.807, 2.05) is 30.3 Å².